The molecule has 0 amide bonds. The van der Waals surface area contributed by atoms with Crippen LogP contribution < -0.4 is 0 Å². The summed E-state index contributed by atoms with van der Waals surface area (Å²) in [6.07, 6.45) is 20.2. The number of allylic oxidation sites excluding steroid dienone is 4. The number of hydrogen-bond acceptors (Lipinski definition) is 2. The molecular weight excluding hydrogens is 356 g/mol. The molecule has 1 spiro atoms. The van der Waals surface area contributed by atoms with Gasteiger partial charge in [-0.1, -0.05) is 64.8 Å². The molecule has 2 saturated carbocycles. The summed E-state index contributed by atoms with van der Waals surface area (Å²) in [5.41, 5.74) is 0.729. The van der Waals surface area contributed by atoms with Gasteiger partial charge in [-0.15, -0.1) is 0 Å². The van der Waals surface area contributed by atoms with Crippen molar-refractivity contribution in [3.63, 3.8) is 0 Å². The molecule has 2 saturated heterocycles. The van der Waals surface area contributed by atoms with Crippen LogP contribution in [-0.4, -0.2) is 18.5 Å². The van der Waals surface area contributed by atoms with Crippen molar-refractivity contribution < 1.29 is 9.47 Å². The largest absolute Gasteiger partial charge is 0.349 e. The lowest BCUT2D eigenvalue weighted by atomic mass is 9.48. The van der Waals surface area contributed by atoms with E-state index in [-0.39, 0.29) is 11.2 Å². The van der Waals surface area contributed by atoms with Gasteiger partial charge in [-0.2, -0.15) is 0 Å². The Morgan fingerprint density at radius 2 is 1.83 bits per heavy atom. The van der Waals surface area contributed by atoms with Gasteiger partial charge in [0.15, 0.2) is 5.79 Å². The lowest BCUT2D eigenvalue weighted by Gasteiger charge is -2.56. The van der Waals surface area contributed by atoms with Gasteiger partial charge in [-0.05, 0) is 66.1 Å². The highest BCUT2D eigenvalue weighted by Gasteiger charge is 2.67. The molecule has 2 heterocycles. The van der Waals surface area contributed by atoms with Crippen molar-refractivity contribution >= 4 is 0 Å². The normalized spacial score (nSPS) is 60.6. The van der Waals surface area contributed by atoms with Crippen LogP contribution in [0.25, 0.3) is 0 Å². The molecule has 2 aliphatic heterocycles. The van der Waals surface area contributed by atoms with Crippen molar-refractivity contribution in [2.24, 2.45) is 52.3 Å². The highest BCUT2D eigenvalue weighted by atomic mass is 16.7. The predicted molar refractivity (Wildman–Crippen MR) is 116 cm³/mol. The van der Waals surface area contributed by atoms with E-state index in [0.29, 0.717) is 35.2 Å². The third-order valence-electron chi connectivity index (χ3n) is 10.8. The number of ether oxygens (including phenoxy) is 2. The Labute approximate surface area is 177 Å². The van der Waals surface area contributed by atoms with Crippen LogP contribution in [0.5, 0.6) is 0 Å². The van der Waals surface area contributed by atoms with Crippen LogP contribution in [0.3, 0.4) is 0 Å². The third-order valence-corrected chi connectivity index (χ3v) is 10.8. The molecule has 0 radical (unpaired) electrons. The molecule has 160 valence electrons. The maximum Gasteiger partial charge on any atom is 0.171 e. The molecule has 29 heavy (non-hydrogen) atoms. The summed E-state index contributed by atoms with van der Waals surface area (Å²) in [4.78, 5) is 0. The molecular formula is C27H40O2. The van der Waals surface area contributed by atoms with Gasteiger partial charge < -0.3 is 9.47 Å². The standard InChI is InChI=1S/C27H40O2/c1-17-10-14-27(28-16-17)18(2)24-23(29-27)15-22-20-9-8-19-7-5-6-12-25(19,3)21(20)11-13-26(22,24)4/h8-9,11,13,17-24H,5-7,10,12,14-16H2,1-4H3/t17-,18+,19?,20-,21+,22+,23+,24+,25+,26+,27-/m1/s1. The van der Waals surface area contributed by atoms with E-state index in [4.69, 9.17) is 9.47 Å². The van der Waals surface area contributed by atoms with Crippen molar-refractivity contribution in [1.29, 1.82) is 0 Å². The highest BCUT2D eigenvalue weighted by molar-refractivity contribution is 5.28. The molecule has 4 aliphatic carbocycles. The monoisotopic (exact) mass is 396 g/mol. The van der Waals surface area contributed by atoms with Crippen LogP contribution in [0.1, 0.15) is 72.6 Å². The quantitative estimate of drug-likeness (QED) is 0.443. The number of fused-ring (bicyclic) bond motifs is 7. The zero-order chi connectivity index (χ0) is 20.0. The molecule has 6 aliphatic rings. The van der Waals surface area contributed by atoms with Crippen LogP contribution in [0.15, 0.2) is 24.3 Å². The minimum absolute atomic E-state index is 0.253. The fourth-order valence-electron chi connectivity index (χ4n) is 9.04. The average Bonchev–Trinajstić information content (AvgIpc) is 3.15. The molecule has 0 bridgehead atoms. The predicted octanol–water partition coefficient (Wildman–Crippen LogP) is 6.38. The van der Waals surface area contributed by atoms with Gasteiger partial charge in [0.05, 0.1) is 12.7 Å². The maximum absolute atomic E-state index is 6.86. The van der Waals surface area contributed by atoms with Crippen molar-refractivity contribution in [1.82, 2.24) is 0 Å². The van der Waals surface area contributed by atoms with E-state index in [1.165, 1.54) is 38.5 Å². The molecule has 0 N–H and O–H groups in total. The summed E-state index contributed by atoms with van der Waals surface area (Å²) in [7, 11) is 0. The SMILES string of the molecule is C[C@@H]1CC[C@@]2(OC1)O[C@H]1C[C@H]3[C@@H]4C=CC5CCCC[C@]5(C)[C@H]4C=C[C@]3(C)[C@H]1[C@@H]2C. The second-order valence-corrected chi connectivity index (χ2v) is 12.2. The van der Waals surface area contributed by atoms with Crippen LogP contribution in [-0.2, 0) is 9.47 Å². The van der Waals surface area contributed by atoms with Gasteiger partial charge in [-0.3, -0.25) is 0 Å². The summed E-state index contributed by atoms with van der Waals surface area (Å²) in [6.45, 7) is 10.8. The summed E-state index contributed by atoms with van der Waals surface area (Å²) in [6, 6.07) is 0. The van der Waals surface area contributed by atoms with E-state index in [9.17, 15) is 0 Å². The molecule has 2 nitrogen and oxygen atoms in total. The van der Waals surface area contributed by atoms with Gasteiger partial charge in [0, 0.05) is 18.3 Å². The molecule has 0 aromatic carbocycles. The number of rotatable bonds is 0. The Bertz CT molecular complexity index is 731. The molecule has 0 aromatic rings. The van der Waals surface area contributed by atoms with Crippen molar-refractivity contribution in [3.05, 3.63) is 24.3 Å². The smallest absolute Gasteiger partial charge is 0.171 e. The van der Waals surface area contributed by atoms with E-state index < -0.39 is 0 Å². The second kappa shape index (κ2) is 6.22. The van der Waals surface area contributed by atoms with E-state index in [1.54, 1.807) is 0 Å². The first kappa shape index (κ1) is 19.1. The third kappa shape index (κ3) is 2.42. The average molecular weight is 397 g/mol. The summed E-state index contributed by atoms with van der Waals surface area (Å²) in [5, 5.41) is 0. The Morgan fingerprint density at radius 1 is 0.966 bits per heavy atom. The molecule has 11 atom stereocenters. The lowest BCUT2D eigenvalue weighted by molar-refractivity contribution is -0.271. The van der Waals surface area contributed by atoms with Crippen LogP contribution >= 0.6 is 0 Å². The van der Waals surface area contributed by atoms with E-state index in [2.05, 4.69) is 52.0 Å². The van der Waals surface area contributed by atoms with Gasteiger partial charge in [0.2, 0.25) is 0 Å². The Balaban J connectivity index is 1.33. The Kier molecular flexibility index (Phi) is 4.10. The van der Waals surface area contributed by atoms with Gasteiger partial charge in [-0.25, -0.2) is 0 Å². The van der Waals surface area contributed by atoms with E-state index in [1.807, 2.05) is 0 Å². The molecule has 0 aromatic heterocycles. The minimum atomic E-state index is -0.302. The van der Waals surface area contributed by atoms with Crippen molar-refractivity contribution in [3.8, 4) is 0 Å². The molecule has 1 unspecified atom stereocenters. The topological polar surface area (TPSA) is 18.5 Å². The highest BCUT2D eigenvalue weighted by Crippen LogP contribution is 2.68. The van der Waals surface area contributed by atoms with Crippen molar-refractivity contribution in [2.45, 2.75) is 84.5 Å². The fraction of sp³-hybridized carbons (Fsp3) is 0.852. The summed E-state index contributed by atoms with van der Waals surface area (Å²) < 4.78 is 13.3. The van der Waals surface area contributed by atoms with E-state index in [0.717, 1.165) is 30.8 Å². The zero-order valence-electron chi connectivity index (χ0n) is 18.9. The first-order chi connectivity index (χ1) is 13.9. The molecule has 4 fully saturated rings. The zero-order valence-corrected chi connectivity index (χ0v) is 18.9. The first-order valence-electron chi connectivity index (χ1n) is 12.6. The van der Waals surface area contributed by atoms with Gasteiger partial charge in [0.25, 0.3) is 0 Å². The first-order valence-corrected chi connectivity index (χ1v) is 12.6. The van der Waals surface area contributed by atoms with Gasteiger partial charge >= 0.3 is 0 Å². The fourth-order valence-corrected chi connectivity index (χ4v) is 9.04. The Hall–Kier alpha value is -0.600. The minimum Gasteiger partial charge on any atom is -0.349 e. The second-order valence-electron chi connectivity index (χ2n) is 12.2. The van der Waals surface area contributed by atoms with Crippen LogP contribution in [0.4, 0.5) is 0 Å². The van der Waals surface area contributed by atoms with Gasteiger partial charge in [0.1, 0.15) is 0 Å². The van der Waals surface area contributed by atoms with E-state index >= 15 is 0 Å². The Morgan fingerprint density at radius 3 is 2.62 bits per heavy atom. The molecule has 6 rings (SSSR count). The summed E-state index contributed by atoms with van der Waals surface area (Å²) >= 11 is 0. The maximum atomic E-state index is 6.86. The molecule has 2 heteroatoms. The van der Waals surface area contributed by atoms with Crippen molar-refractivity contribution in [2.75, 3.05) is 6.61 Å². The van der Waals surface area contributed by atoms with Crippen LogP contribution in [0, 0.1) is 52.3 Å². The number of hydrogen-bond donors (Lipinski definition) is 0. The summed E-state index contributed by atoms with van der Waals surface area (Å²) in [5.74, 6) is 4.41. The van der Waals surface area contributed by atoms with Crippen LogP contribution in [0.2, 0.25) is 0 Å². The lowest BCUT2D eigenvalue weighted by Crippen LogP contribution is -2.50.